The van der Waals surface area contributed by atoms with Gasteiger partial charge in [-0.05, 0) is 32.0 Å². The van der Waals surface area contributed by atoms with Gasteiger partial charge in [0.05, 0.1) is 16.5 Å². The van der Waals surface area contributed by atoms with E-state index in [2.05, 4.69) is 4.72 Å². The Morgan fingerprint density at radius 3 is 2.70 bits per heavy atom. The van der Waals surface area contributed by atoms with Crippen molar-refractivity contribution in [3.63, 3.8) is 0 Å². The number of ether oxygens (including phenoxy) is 1. The van der Waals surface area contributed by atoms with Crippen LogP contribution in [0.25, 0.3) is 0 Å². The topological polar surface area (TPSA) is 81.4 Å². The minimum absolute atomic E-state index is 0.0610. The molecule has 8 heteroatoms. The second-order valence-corrected chi connectivity index (χ2v) is 6.75. The van der Waals surface area contributed by atoms with Gasteiger partial charge in [-0.25, -0.2) is 13.1 Å². The third-order valence-electron chi connectivity index (χ3n) is 2.44. The van der Waals surface area contributed by atoms with Crippen LogP contribution in [0, 0.1) is 0 Å². The Kier molecular flexibility index (Phi) is 6.35. The van der Waals surface area contributed by atoms with Crippen molar-refractivity contribution in [3.05, 3.63) is 28.8 Å². The Morgan fingerprint density at radius 1 is 1.55 bits per heavy atom. The summed E-state index contributed by atoms with van der Waals surface area (Å²) < 4.78 is 32.0. The number of halogens is 1. The number of hydrogen-bond acceptors (Lipinski definition) is 4. The van der Waals surface area contributed by atoms with Gasteiger partial charge < -0.3 is 10.5 Å². The molecule has 0 aliphatic carbocycles. The van der Waals surface area contributed by atoms with Gasteiger partial charge in [0.2, 0.25) is 10.0 Å². The molecule has 5 nitrogen and oxygen atoms in total. The van der Waals surface area contributed by atoms with Gasteiger partial charge in [0, 0.05) is 18.2 Å². The molecule has 0 aliphatic heterocycles. The maximum absolute atomic E-state index is 12.1. The SMILES string of the molecule is CCOCC(C)NS(=O)(=O)c1ccc(C(N)=S)c(Cl)c1. The highest BCUT2D eigenvalue weighted by atomic mass is 35.5. The van der Waals surface area contributed by atoms with Crippen LogP contribution in [0.1, 0.15) is 19.4 Å². The largest absolute Gasteiger partial charge is 0.389 e. The molecular weight excluding hydrogens is 320 g/mol. The second kappa shape index (κ2) is 7.33. The average molecular weight is 337 g/mol. The number of rotatable bonds is 7. The first-order valence-electron chi connectivity index (χ1n) is 5.97. The molecule has 0 radical (unpaired) electrons. The van der Waals surface area contributed by atoms with Crippen molar-refractivity contribution in [1.29, 1.82) is 0 Å². The summed E-state index contributed by atoms with van der Waals surface area (Å²) in [5.74, 6) is 0. The van der Waals surface area contributed by atoms with Crippen LogP contribution in [0.5, 0.6) is 0 Å². The van der Waals surface area contributed by atoms with E-state index in [-0.39, 0.29) is 20.9 Å². The lowest BCUT2D eigenvalue weighted by molar-refractivity contribution is 0.133. The van der Waals surface area contributed by atoms with Crippen LogP contribution in [0.15, 0.2) is 23.1 Å². The van der Waals surface area contributed by atoms with Crippen LogP contribution < -0.4 is 10.5 Å². The average Bonchev–Trinajstić information content (AvgIpc) is 2.35. The summed E-state index contributed by atoms with van der Waals surface area (Å²) in [7, 11) is -3.65. The molecule has 1 unspecified atom stereocenters. The molecule has 0 bridgehead atoms. The zero-order chi connectivity index (χ0) is 15.3. The fourth-order valence-electron chi connectivity index (χ4n) is 1.52. The third-order valence-corrected chi connectivity index (χ3v) is 4.56. The van der Waals surface area contributed by atoms with Crippen LogP contribution in [0.4, 0.5) is 0 Å². The van der Waals surface area contributed by atoms with E-state index < -0.39 is 10.0 Å². The molecule has 20 heavy (non-hydrogen) atoms. The minimum atomic E-state index is -3.65. The highest BCUT2D eigenvalue weighted by molar-refractivity contribution is 7.89. The number of nitrogens with one attached hydrogen (secondary N) is 1. The number of sulfonamides is 1. The summed E-state index contributed by atoms with van der Waals surface area (Å²) in [5.41, 5.74) is 5.92. The standard InChI is InChI=1S/C12H17ClN2O3S2/c1-3-18-7-8(2)15-20(16,17)9-4-5-10(12(14)19)11(13)6-9/h4-6,8,15H,3,7H2,1-2H3,(H2,14,19). The molecule has 0 fully saturated rings. The van der Waals surface area contributed by atoms with E-state index in [1.807, 2.05) is 6.92 Å². The van der Waals surface area contributed by atoms with Gasteiger partial charge in [0.15, 0.2) is 0 Å². The first kappa shape index (κ1) is 17.3. The lowest BCUT2D eigenvalue weighted by atomic mass is 10.2. The molecule has 0 spiro atoms. The molecule has 0 saturated carbocycles. The molecule has 112 valence electrons. The quantitative estimate of drug-likeness (QED) is 0.740. The molecule has 1 aromatic rings. The smallest absolute Gasteiger partial charge is 0.240 e. The first-order valence-corrected chi connectivity index (χ1v) is 8.24. The van der Waals surface area contributed by atoms with Gasteiger partial charge in [-0.15, -0.1) is 0 Å². The molecule has 0 aromatic heterocycles. The van der Waals surface area contributed by atoms with Crippen molar-refractivity contribution >= 4 is 38.8 Å². The van der Waals surface area contributed by atoms with E-state index >= 15 is 0 Å². The minimum Gasteiger partial charge on any atom is -0.389 e. The lowest BCUT2D eigenvalue weighted by Gasteiger charge is -2.14. The molecule has 1 aromatic carbocycles. The third kappa shape index (κ3) is 4.68. The molecule has 0 amide bonds. The van der Waals surface area contributed by atoms with Crippen LogP contribution in [-0.2, 0) is 14.8 Å². The van der Waals surface area contributed by atoms with Crippen LogP contribution in [-0.4, -0.2) is 32.7 Å². The maximum Gasteiger partial charge on any atom is 0.240 e. The Balaban J connectivity index is 2.93. The van der Waals surface area contributed by atoms with Crippen molar-refractivity contribution in [2.24, 2.45) is 5.73 Å². The fraction of sp³-hybridized carbons (Fsp3) is 0.417. The molecule has 1 rings (SSSR count). The van der Waals surface area contributed by atoms with Gasteiger partial charge in [0.1, 0.15) is 4.99 Å². The zero-order valence-electron chi connectivity index (χ0n) is 11.2. The summed E-state index contributed by atoms with van der Waals surface area (Å²) in [6, 6.07) is 3.89. The molecule has 1 atom stereocenters. The fourth-order valence-corrected chi connectivity index (χ4v) is 3.36. The summed E-state index contributed by atoms with van der Waals surface area (Å²) >= 11 is 10.8. The number of thiocarbonyl (C=S) groups is 1. The van der Waals surface area contributed by atoms with Gasteiger partial charge >= 0.3 is 0 Å². The number of benzene rings is 1. The molecular formula is C12H17ClN2O3S2. The molecule has 0 saturated heterocycles. The maximum atomic E-state index is 12.1. The Hall–Kier alpha value is -0.730. The van der Waals surface area contributed by atoms with E-state index in [0.717, 1.165) is 0 Å². The van der Waals surface area contributed by atoms with E-state index in [1.54, 1.807) is 6.92 Å². The number of hydrogen-bond donors (Lipinski definition) is 2. The first-order chi connectivity index (χ1) is 9.27. The van der Waals surface area contributed by atoms with Gasteiger partial charge in [0.25, 0.3) is 0 Å². The van der Waals surface area contributed by atoms with Crippen molar-refractivity contribution in [2.75, 3.05) is 13.2 Å². The lowest BCUT2D eigenvalue weighted by Crippen LogP contribution is -2.35. The van der Waals surface area contributed by atoms with Gasteiger partial charge in [-0.1, -0.05) is 23.8 Å². The van der Waals surface area contributed by atoms with Gasteiger partial charge in [-0.2, -0.15) is 0 Å². The Bertz CT molecular complexity index is 590. The molecule has 0 aliphatic rings. The number of nitrogens with two attached hydrogens (primary N) is 1. The highest BCUT2D eigenvalue weighted by Crippen LogP contribution is 2.21. The molecule has 3 N–H and O–H groups in total. The van der Waals surface area contributed by atoms with E-state index in [4.69, 9.17) is 34.3 Å². The molecule has 0 heterocycles. The monoisotopic (exact) mass is 336 g/mol. The van der Waals surface area contributed by atoms with Crippen molar-refractivity contribution < 1.29 is 13.2 Å². The van der Waals surface area contributed by atoms with Crippen LogP contribution in [0.2, 0.25) is 5.02 Å². The van der Waals surface area contributed by atoms with Crippen molar-refractivity contribution in [3.8, 4) is 0 Å². The summed E-state index contributed by atoms with van der Waals surface area (Å²) in [6.07, 6.45) is 0. The van der Waals surface area contributed by atoms with Crippen molar-refractivity contribution in [2.45, 2.75) is 24.8 Å². The zero-order valence-corrected chi connectivity index (χ0v) is 13.6. The van der Waals surface area contributed by atoms with E-state index in [1.165, 1.54) is 18.2 Å². The predicted molar refractivity (Wildman–Crippen MR) is 83.6 cm³/mol. The predicted octanol–water partition coefficient (Wildman–Crippen LogP) is 1.68. The van der Waals surface area contributed by atoms with Crippen LogP contribution >= 0.6 is 23.8 Å². The normalized spacial score (nSPS) is 13.2. The van der Waals surface area contributed by atoms with E-state index in [0.29, 0.717) is 18.8 Å². The summed E-state index contributed by atoms with van der Waals surface area (Å²) in [5, 5.41) is 0.206. The highest BCUT2D eigenvalue weighted by Gasteiger charge is 2.19. The Labute approximate surface area is 129 Å². The van der Waals surface area contributed by atoms with Crippen LogP contribution in [0.3, 0.4) is 0 Å². The Morgan fingerprint density at radius 2 is 2.20 bits per heavy atom. The second-order valence-electron chi connectivity index (χ2n) is 4.19. The van der Waals surface area contributed by atoms with E-state index in [9.17, 15) is 8.42 Å². The van der Waals surface area contributed by atoms with Gasteiger partial charge in [-0.3, -0.25) is 0 Å². The summed E-state index contributed by atoms with van der Waals surface area (Å²) in [4.78, 5) is 0.183. The summed E-state index contributed by atoms with van der Waals surface area (Å²) in [6.45, 7) is 4.39. The van der Waals surface area contributed by atoms with Crippen molar-refractivity contribution in [1.82, 2.24) is 4.72 Å².